The van der Waals surface area contributed by atoms with Gasteiger partial charge in [0, 0.05) is 21.3 Å². The van der Waals surface area contributed by atoms with Gasteiger partial charge in [0.25, 0.3) is 5.91 Å². The molecule has 2 heterocycles. The van der Waals surface area contributed by atoms with Crippen LogP contribution in [0, 0.1) is 6.92 Å². The van der Waals surface area contributed by atoms with E-state index in [1.165, 1.54) is 7.11 Å². The molecule has 0 fully saturated rings. The zero-order valence-electron chi connectivity index (χ0n) is 17.5. The van der Waals surface area contributed by atoms with Crippen molar-refractivity contribution in [1.29, 1.82) is 0 Å². The van der Waals surface area contributed by atoms with Crippen LogP contribution in [0.25, 0.3) is 11.3 Å². The fraction of sp³-hybridized carbons (Fsp3) is 0.120. The number of aromatic nitrogens is 2. The van der Waals surface area contributed by atoms with Gasteiger partial charge in [-0.2, -0.15) is 5.10 Å². The minimum atomic E-state index is -0.438. The summed E-state index contributed by atoms with van der Waals surface area (Å²) in [5.41, 5.74) is 5.58. The molecule has 0 saturated carbocycles. The number of anilines is 1. The number of phenols is 1. The average molecular weight is 490 g/mol. The second-order valence-electron chi connectivity index (χ2n) is 7.71. The quantitative estimate of drug-likeness (QED) is 0.390. The van der Waals surface area contributed by atoms with E-state index in [4.69, 9.17) is 4.74 Å². The molecular formula is C25H20BrN3O3. The molecule has 0 unspecified atom stereocenters. The number of halogens is 1. The predicted octanol–water partition coefficient (Wildman–Crippen LogP) is 5.61. The van der Waals surface area contributed by atoms with Crippen LogP contribution < -0.4 is 9.64 Å². The lowest BCUT2D eigenvalue weighted by Crippen LogP contribution is -2.29. The minimum absolute atomic E-state index is 0.0445. The number of hydrogen-bond donors (Lipinski definition) is 2. The van der Waals surface area contributed by atoms with Gasteiger partial charge in [-0.3, -0.25) is 14.8 Å². The van der Waals surface area contributed by atoms with Crippen LogP contribution in [0.15, 0.2) is 71.2 Å². The van der Waals surface area contributed by atoms with Crippen LogP contribution in [0.5, 0.6) is 11.5 Å². The summed E-state index contributed by atoms with van der Waals surface area (Å²) in [6.07, 6.45) is 0. The lowest BCUT2D eigenvalue weighted by atomic mass is 9.95. The van der Waals surface area contributed by atoms with Gasteiger partial charge in [-0.25, -0.2) is 0 Å². The first kappa shape index (κ1) is 20.3. The van der Waals surface area contributed by atoms with E-state index < -0.39 is 6.04 Å². The molecule has 1 aliphatic rings. The molecule has 6 nitrogen and oxygen atoms in total. The molecule has 7 heteroatoms. The summed E-state index contributed by atoms with van der Waals surface area (Å²) in [6, 6.07) is 20.4. The zero-order valence-corrected chi connectivity index (χ0v) is 19.1. The van der Waals surface area contributed by atoms with Gasteiger partial charge in [0.05, 0.1) is 18.8 Å². The Hall–Kier alpha value is -3.58. The number of fused-ring (bicyclic) bond motifs is 1. The van der Waals surface area contributed by atoms with Crippen molar-refractivity contribution in [2.24, 2.45) is 0 Å². The molecule has 1 atom stereocenters. The van der Waals surface area contributed by atoms with Gasteiger partial charge in [-0.1, -0.05) is 51.8 Å². The Bertz CT molecular complexity index is 1310. The second kappa shape index (κ2) is 7.84. The van der Waals surface area contributed by atoms with E-state index in [1.54, 1.807) is 17.0 Å². The molecule has 0 saturated heterocycles. The van der Waals surface area contributed by atoms with E-state index in [0.29, 0.717) is 17.1 Å². The number of aryl methyl sites for hydroxylation is 1. The number of ether oxygens (including phenoxy) is 1. The van der Waals surface area contributed by atoms with E-state index in [-0.39, 0.29) is 11.7 Å². The Labute approximate surface area is 193 Å². The highest BCUT2D eigenvalue weighted by atomic mass is 79.9. The number of nitrogens with zero attached hydrogens (tertiary/aromatic N) is 2. The summed E-state index contributed by atoms with van der Waals surface area (Å²) in [5, 5.41) is 17.6. The highest BCUT2D eigenvalue weighted by Crippen LogP contribution is 2.46. The minimum Gasteiger partial charge on any atom is -0.504 e. The van der Waals surface area contributed by atoms with Crippen molar-refractivity contribution in [3.63, 3.8) is 0 Å². The Kier molecular flexibility index (Phi) is 4.98. The molecule has 4 aromatic rings. The third-order valence-electron chi connectivity index (χ3n) is 5.72. The first-order chi connectivity index (χ1) is 15.5. The molecule has 0 radical (unpaired) electrons. The molecule has 1 aliphatic heterocycles. The summed E-state index contributed by atoms with van der Waals surface area (Å²) in [5.74, 6) is 0.237. The Morgan fingerprint density at radius 3 is 2.47 bits per heavy atom. The van der Waals surface area contributed by atoms with Gasteiger partial charge in [0.1, 0.15) is 5.69 Å². The fourth-order valence-corrected chi connectivity index (χ4v) is 4.39. The van der Waals surface area contributed by atoms with Gasteiger partial charge >= 0.3 is 0 Å². The number of benzene rings is 3. The predicted molar refractivity (Wildman–Crippen MR) is 126 cm³/mol. The van der Waals surface area contributed by atoms with Crippen molar-refractivity contribution >= 4 is 27.5 Å². The molecule has 2 N–H and O–H groups in total. The first-order valence-electron chi connectivity index (χ1n) is 10.1. The van der Waals surface area contributed by atoms with Crippen molar-refractivity contribution < 1.29 is 14.6 Å². The summed E-state index contributed by atoms with van der Waals surface area (Å²) < 4.78 is 6.31. The van der Waals surface area contributed by atoms with E-state index in [9.17, 15) is 9.90 Å². The van der Waals surface area contributed by atoms with Crippen LogP contribution in [0.3, 0.4) is 0 Å². The maximum atomic E-state index is 13.6. The average Bonchev–Trinajstić information content (AvgIpc) is 3.35. The molecule has 0 aliphatic carbocycles. The topological polar surface area (TPSA) is 78.5 Å². The number of aromatic hydroxyl groups is 1. The first-order valence-corrected chi connectivity index (χ1v) is 10.9. The maximum Gasteiger partial charge on any atom is 0.277 e. The van der Waals surface area contributed by atoms with Crippen LogP contribution in [0.1, 0.15) is 33.2 Å². The van der Waals surface area contributed by atoms with Crippen LogP contribution in [0.2, 0.25) is 0 Å². The van der Waals surface area contributed by atoms with Crippen LogP contribution in [0.4, 0.5) is 5.69 Å². The number of aromatic amines is 1. The molecule has 1 amide bonds. The lowest BCUT2D eigenvalue weighted by Gasteiger charge is -2.27. The monoisotopic (exact) mass is 489 g/mol. The highest BCUT2D eigenvalue weighted by Gasteiger charge is 2.43. The number of methoxy groups -OCH3 is 1. The molecule has 5 rings (SSSR count). The number of carbonyl (C=O) groups is 1. The summed E-state index contributed by atoms with van der Waals surface area (Å²) in [7, 11) is 1.51. The van der Waals surface area contributed by atoms with E-state index in [2.05, 4.69) is 26.1 Å². The summed E-state index contributed by atoms with van der Waals surface area (Å²) in [6.45, 7) is 2.01. The molecule has 3 aromatic carbocycles. The second-order valence-corrected chi connectivity index (χ2v) is 8.63. The van der Waals surface area contributed by atoms with Crippen molar-refractivity contribution in [3.05, 3.63) is 93.6 Å². The molecule has 32 heavy (non-hydrogen) atoms. The number of hydrogen-bond acceptors (Lipinski definition) is 4. The smallest absolute Gasteiger partial charge is 0.277 e. The van der Waals surface area contributed by atoms with Crippen LogP contribution in [-0.2, 0) is 0 Å². The van der Waals surface area contributed by atoms with E-state index in [1.807, 2.05) is 61.5 Å². The third kappa shape index (κ3) is 3.26. The summed E-state index contributed by atoms with van der Waals surface area (Å²) >= 11 is 3.47. The maximum absolute atomic E-state index is 13.6. The van der Waals surface area contributed by atoms with Gasteiger partial charge in [0.2, 0.25) is 0 Å². The Balaban J connectivity index is 1.73. The van der Waals surface area contributed by atoms with E-state index in [0.717, 1.165) is 32.4 Å². The van der Waals surface area contributed by atoms with Gasteiger partial charge in [-0.05, 0) is 48.9 Å². The number of amides is 1. The molecular weight excluding hydrogens is 470 g/mol. The lowest BCUT2D eigenvalue weighted by molar-refractivity contribution is 0.0988. The fourth-order valence-electron chi connectivity index (χ4n) is 4.13. The third-order valence-corrected chi connectivity index (χ3v) is 6.25. The van der Waals surface area contributed by atoms with Gasteiger partial charge < -0.3 is 9.84 Å². The van der Waals surface area contributed by atoms with Crippen molar-refractivity contribution in [1.82, 2.24) is 10.2 Å². The SMILES string of the molecule is COc1cc([C@H]2c3c(-c4ccc(Br)cc4)n[nH]c3C(=O)N2c2ccc(C)cc2)ccc1O. The Morgan fingerprint density at radius 2 is 1.78 bits per heavy atom. The van der Waals surface area contributed by atoms with Crippen molar-refractivity contribution in [3.8, 4) is 22.8 Å². The van der Waals surface area contributed by atoms with Crippen molar-refractivity contribution in [2.45, 2.75) is 13.0 Å². The number of H-pyrrole nitrogens is 1. The Morgan fingerprint density at radius 1 is 1.06 bits per heavy atom. The number of nitrogens with one attached hydrogen (secondary N) is 1. The molecule has 0 spiro atoms. The van der Waals surface area contributed by atoms with Gasteiger partial charge in [-0.15, -0.1) is 0 Å². The summed E-state index contributed by atoms with van der Waals surface area (Å²) in [4.78, 5) is 15.3. The normalized spacial score (nSPS) is 15.2. The van der Waals surface area contributed by atoms with Crippen molar-refractivity contribution in [2.75, 3.05) is 12.0 Å². The zero-order chi connectivity index (χ0) is 22.4. The standard InChI is InChI=1S/C25H20BrN3O3/c1-14-3-10-18(11-4-14)29-24(16-7-12-19(30)20(13-16)32-2)21-22(27-28-23(21)25(29)31)15-5-8-17(26)9-6-15/h3-13,24,30H,1-2H3,(H,27,28)/t24-/m0/s1. The van der Waals surface area contributed by atoms with Crippen LogP contribution >= 0.6 is 15.9 Å². The number of rotatable bonds is 4. The largest absolute Gasteiger partial charge is 0.504 e. The molecule has 0 bridgehead atoms. The number of phenolic OH excluding ortho intramolecular Hbond substituents is 1. The molecule has 160 valence electrons. The molecule has 1 aromatic heterocycles. The number of carbonyl (C=O) groups excluding carboxylic acids is 1. The van der Waals surface area contributed by atoms with E-state index >= 15 is 0 Å². The van der Waals surface area contributed by atoms with Gasteiger partial charge in [0.15, 0.2) is 11.5 Å². The highest BCUT2D eigenvalue weighted by molar-refractivity contribution is 9.10. The van der Waals surface area contributed by atoms with Crippen LogP contribution in [-0.4, -0.2) is 28.3 Å².